The molecule has 2 aromatic rings. The van der Waals surface area contributed by atoms with E-state index in [0.29, 0.717) is 22.0 Å². The highest BCUT2D eigenvalue weighted by Crippen LogP contribution is 2.37. The van der Waals surface area contributed by atoms with Crippen LogP contribution in [0.2, 0.25) is 5.02 Å². The van der Waals surface area contributed by atoms with Crippen molar-refractivity contribution in [2.45, 2.75) is 30.7 Å². The van der Waals surface area contributed by atoms with Crippen LogP contribution in [0.1, 0.15) is 30.0 Å². The molecule has 1 aromatic heterocycles. The molecule has 0 bridgehead atoms. The molecule has 0 amide bonds. The Bertz CT molecular complexity index is 778. The third-order valence-corrected chi connectivity index (χ3v) is 6.32. The van der Waals surface area contributed by atoms with Crippen LogP contribution in [0.15, 0.2) is 47.6 Å². The van der Waals surface area contributed by atoms with E-state index in [1.807, 2.05) is 12.1 Å². The van der Waals surface area contributed by atoms with Gasteiger partial charge in [-0.15, -0.1) is 0 Å². The first-order chi connectivity index (χ1) is 10.5. The summed E-state index contributed by atoms with van der Waals surface area (Å²) in [6.07, 6.45) is 5.07. The lowest BCUT2D eigenvalue weighted by molar-refractivity contribution is 0.396. The van der Waals surface area contributed by atoms with Gasteiger partial charge in [-0.1, -0.05) is 17.7 Å². The van der Waals surface area contributed by atoms with Crippen LogP contribution in [0, 0.1) is 6.92 Å². The molecule has 1 aromatic carbocycles. The lowest BCUT2D eigenvalue weighted by Gasteiger charge is -2.25. The number of halogens is 1. The fourth-order valence-electron chi connectivity index (χ4n) is 2.92. The maximum Gasteiger partial charge on any atom is 0.243 e. The predicted octanol–water partition coefficient (Wildman–Crippen LogP) is 3.57. The van der Waals surface area contributed by atoms with Gasteiger partial charge in [0, 0.05) is 24.0 Å². The monoisotopic (exact) mass is 336 g/mol. The molecule has 0 N–H and O–H groups in total. The molecule has 0 saturated carbocycles. The minimum Gasteiger partial charge on any atom is -0.265 e. The number of sulfonamides is 1. The fraction of sp³-hybridized carbons (Fsp3) is 0.312. The second-order valence-corrected chi connectivity index (χ2v) is 7.76. The van der Waals surface area contributed by atoms with Gasteiger partial charge in [0.25, 0.3) is 0 Å². The van der Waals surface area contributed by atoms with Crippen molar-refractivity contribution in [3.8, 4) is 0 Å². The quantitative estimate of drug-likeness (QED) is 0.861. The summed E-state index contributed by atoms with van der Waals surface area (Å²) in [5.74, 6) is 0. The molecule has 1 atom stereocenters. The maximum absolute atomic E-state index is 13.0. The molecule has 0 spiro atoms. The molecule has 4 nitrogen and oxygen atoms in total. The molecule has 3 rings (SSSR count). The van der Waals surface area contributed by atoms with Gasteiger partial charge in [0.15, 0.2) is 0 Å². The smallest absolute Gasteiger partial charge is 0.243 e. The normalized spacial score (nSPS) is 19.5. The van der Waals surface area contributed by atoms with E-state index < -0.39 is 10.0 Å². The number of hydrogen-bond acceptors (Lipinski definition) is 3. The Kier molecular flexibility index (Phi) is 4.21. The molecule has 0 aliphatic carbocycles. The van der Waals surface area contributed by atoms with Gasteiger partial charge >= 0.3 is 0 Å². The Morgan fingerprint density at radius 2 is 1.95 bits per heavy atom. The second-order valence-electron chi connectivity index (χ2n) is 5.46. The van der Waals surface area contributed by atoms with Crippen molar-refractivity contribution in [2.75, 3.05) is 6.54 Å². The first-order valence-corrected chi connectivity index (χ1v) is 9.00. The van der Waals surface area contributed by atoms with E-state index in [1.165, 1.54) is 6.07 Å². The van der Waals surface area contributed by atoms with Crippen molar-refractivity contribution in [3.05, 3.63) is 58.9 Å². The number of nitrogens with zero attached hydrogens (tertiary/aromatic N) is 2. The number of benzene rings is 1. The van der Waals surface area contributed by atoms with Crippen molar-refractivity contribution in [2.24, 2.45) is 0 Å². The summed E-state index contributed by atoms with van der Waals surface area (Å²) in [4.78, 5) is 4.30. The molecular weight excluding hydrogens is 320 g/mol. The highest BCUT2D eigenvalue weighted by atomic mass is 35.5. The number of hydrogen-bond donors (Lipinski definition) is 0. The van der Waals surface area contributed by atoms with Gasteiger partial charge in [0.05, 0.1) is 10.9 Å². The first-order valence-electron chi connectivity index (χ1n) is 7.18. The summed E-state index contributed by atoms with van der Waals surface area (Å²) in [6.45, 7) is 2.32. The molecule has 2 heterocycles. The van der Waals surface area contributed by atoms with Crippen LogP contribution in [0.5, 0.6) is 0 Å². The van der Waals surface area contributed by atoms with E-state index in [0.717, 1.165) is 18.4 Å². The average Bonchev–Trinajstić information content (AvgIpc) is 3.01. The van der Waals surface area contributed by atoms with Crippen LogP contribution in [-0.2, 0) is 10.0 Å². The largest absolute Gasteiger partial charge is 0.265 e. The van der Waals surface area contributed by atoms with E-state index in [1.54, 1.807) is 35.8 Å². The topological polar surface area (TPSA) is 50.3 Å². The Morgan fingerprint density at radius 1 is 1.23 bits per heavy atom. The van der Waals surface area contributed by atoms with Crippen molar-refractivity contribution < 1.29 is 8.42 Å². The highest BCUT2D eigenvalue weighted by Gasteiger charge is 2.36. The number of aryl methyl sites for hydroxylation is 1. The van der Waals surface area contributed by atoms with Gasteiger partial charge in [0.1, 0.15) is 0 Å². The Morgan fingerprint density at radius 3 is 2.68 bits per heavy atom. The molecule has 1 fully saturated rings. The van der Waals surface area contributed by atoms with E-state index in [-0.39, 0.29) is 6.04 Å². The molecule has 0 radical (unpaired) electrons. The number of rotatable bonds is 3. The van der Waals surface area contributed by atoms with Crippen LogP contribution < -0.4 is 0 Å². The molecular formula is C16H17ClN2O2S. The van der Waals surface area contributed by atoms with E-state index in [4.69, 9.17) is 11.6 Å². The minimum absolute atomic E-state index is 0.133. The van der Waals surface area contributed by atoms with Crippen LogP contribution >= 0.6 is 11.6 Å². The zero-order valence-electron chi connectivity index (χ0n) is 12.2. The Hall–Kier alpha value is -1.43. The van der Waals surface area contributed by atoms with Gasteiger partial charge in [-0.2, -0.15) is 4.31 Å². The van der Waals surface area contributed by atoms with Gasteiger partial charge in [-0.25, -0.2) is 8.42 Å². The van der Waals surface area contributed by atoms with Crippen LogP contribution in [0.4, 0.5) is 0 Å². The van der Waals surface area contributed by atoms with Gasteiger partial charge in [0.2, 0.25) is 10.0 Å². The predicted molar refractivity (Wildman–Crippen MR) is 86.3 cm³/mol. The van der Waals surface area contributed by atoms with Gasteiger partial charge in [-0.3, -0.25) is 4.98 Å². The molecule has 22 heavy (non-hydrogen) atoms. The zero-order chi connectivity index (χ0) is 15.7. The zero-order valence-corrected chi connectivity index (χ0v) is 13.8. The molecule has 1 aliphatic heterocycles. The third kappa shape index (κ3) is 2.76. The molecule has 1 unspecified atom stereocenters. The van der Waals surface area contributed by atoms with E-state index >= 15 is 0 Å². The Balaban J connectivity index is 2.03. The Labute approximate surface area is 135 Å². The maximum atomic E-state index is 13.0. The van der Waals surface area contributed by atoms with Gasteiger partial charge < -0.3 is 0 Å². The summed E-state index contributed by atoms with van der Waals surface area (Å²) < 4.78 is 27.7. The first kappa shape index (κ1) is 15.5. The highest BCUT2D eigenvalue weighted by molar-refractivity contribution is 7.89. The molecule has 6 heteroatoms. The standard InChI is InChI=1S/C16H17ClN2O2S/c1-12-4-5-14(17)11-16(12)22(20,21)19-10-2-3-15(19)13-6-8-18-9-7-13/h4-9,11,15H,2-3,10H2,1H3. The lowest BCUT2D eigenvalue weighted by atomic mass is 10.1. The summed E-state index contributed by atoms with van der Waals surface area (Å²) in [5.41, 5.74) is 1.69. The van der Waals surface area contributed by atoms with Crippen LogP contribution in [0.25, 0.3) is 0 Å². The van der Waals surface area contributed by atoms with Crippen LogP contribution in [0.3, 0.4) is 0 Å². The van der Waals surface area contributed by atoms with Crippen LogP contribution in [-0.4, -0.2) is 24.3 Å². The molecule has 1 aliphatic rings. The molecule has 116 valence electrons. The average molecular weight is 337 g/mol. The van der Waals surface area contributed by atoms with E-state index in [9.17, 15) is 8.42 Å². The van der Waals surface area contributed by atoms with Crippen molar-refractivity contribution >= 4 is 21.6 Å². The molecule has 1 saturated heterocycles. The number of pyridine rings is 1. The van der Waals surface area contributed by atoms with Crippen molar-refractivity contribution in [1.82, 2.24) is 9.29 Å². The summed E-state index contributed by atoms with van der Waals surface area (Å²) in [7, 11) is -3.56. The SMILES string of the molecule is Cc1ccc(Cl)cc1S(=O)(=O)N1CCCC1c1ccncc1. The second kappa shape index (κ2) is 5.99. The summed E-state index contributed by atoms with van der Waals surface area (Å²) in [6, 6.07) is 8.61. The van der Waals surface area contributed by atoms with Crippen molar-refractivity contribution in [1.29, 1.82) is 0 Å². The minimum atomic E-state index is -3.56. The number of aromatic nitrogens is 1. The van der Waals surface area contributed by atoms with E-state index in [2.05, 4.69) is 4.98 Å². The summed E-state index contributed by atoms with van der Waals surface area (Å²) >= 11 is 5.99. The fourth-order valence-corrected chi connectivity index (χ4v) is 5.10. The summed E-state index contributed by atoms with van der Waals surface area (Å²) in [5, 5.41) is 0.434. The van der Waals surface area contributed by atoms with Crippen molar-refractivity contribution in [3.63, 3.8) is 0 Å². The lowest BCUT2D eigenvalue weighted by Crippen LogP contribution is -2.31. The van der Waals surface area contributed by atoms with Gasteiger partial charge in [-0.05, 0) is 55.2 Å². The third-order valence-electron chi connectivity index (χ3n) is 4.03.